The van der Waals surface area contributed by atoms with E-state index in [0.29, 0.717) is 61.6 Å². The van der Waals surface area contributed by atoms with Gasteiger partial charge in [-0.05, 0) is 93.5 Å². The van der Waals surface area contributed by atoms with Gasteiger partial charge in [0.25, 0.3) is 0 Å². The Morgan fingerprint density at radius 1 is 0.480 bits per heavy atom. The lowest BCUT2D eigenvalue weighted by Crippen LogP contribution is -2.25. The van der Waals surface area contributed by atoms with Gasteiger partial charge in [0.05, 0.1) is 13.2 Å². The first-order chi connectivity index (χ1) is 23.8. The van der Waals surface area contributed by atoms with E-state index in [4.69, 9.17) is 9.47 Å². The van der Waals surface area contributed by atoms with E-state index in [9.17, 15) is 9.59 Å². The minimum absolute atomic E-state index is 0.000194. The lowest BCUT2D eigenvalue weighted by molar-refractivity contribution is -0.146. The van der Waals surface area contributed by atoms with Gasteiger partial charge in [-0.25, -0.2) is 0 Å². The molecular formula is C45H89NO4. The normalized spacial score (nSPS) is 13.9. The number of rotatable bonds is 35. The highest BCUT2D eigenvalue weighted by molar-refractivity contribution is 5.69. The van der Waals surface area contributed by atoms with E-state index in [0.717, 1.165) is 51.0 Å². The van der Waals surface area contributed by atoms with Gasteiger partial charge in [-0.1, -0.05) is 152 Å². The van der Waals surface area contributed by atoms with E-state index in [1.54, 1.807) is 0 Å². The van der Waals surface area contributed by atoms with Crippen molar-refractivity contribution in [2.75, 3.05) is 33.4 Å². The number of carbonyl (C=O) groups excluding carboxylic acids is 2. The quantitative estimate of drug-likeness (QED) is 0.0485. The first-order valence-electron chi connectivity index (χ1n) is 21.8. The number of nitrogens with zero attached hydrogens (tertiary/aromatic N) is 1. The molecule has 0 spiro atoms. The second-order valence-electron chi connectivity index (χ2n) is 17.6. The summed E-state index contributed by atoms with van der Waals surface area (Å²) in [6.45, 7) is 23.9. The monoisotopic (exact) mass is 708 g/mol. The third-order valence-corrected chi connectivity index (χ3v) is 11.1. The Hall–Kier alpha value is -1.10. The van der Waals surface area contributed by atoms with Crippen LogP contribution < -0.4 is 0 Å². The molecule has 2 atom stereocenters. The highest BCUT2D eigenvalue weighted by Crippen LogP contribution is 2.23. The molecule has 0 heterocycles. The van der Waals surface area contributed by atoms with Gasteiger partial charge in [0.1, 0.15) is 0 Å². The zero-order valence-corrected chi connectivity index (χ0v) is 35.5. The highest BCUT2D eigenvalue weighted by atomic mass is 16.5. The zero-order valence-electron chi connectivity index (χ0n) is 35.5. The largest absolute Gasteiger partial charge is 0.465 e. The van der Waals surface area contributed by atoms with Crippen molar-refractivity contribution in [3.63, 3.8) is 0 Å². The molecule has 0 amide bonds. The molecule has 0 N–H and O–H groups in total. The van der Waals surface area contributed by atoms with Crippen molar-refractivity contribution in [2.24, 2.45) is 41.4 Å². The predicted molar refractivity (Wildman–Crippen MR) is 216 cm³/mol. The molecule has 0 aromatic heterocycles. The van der Waals surface area contributed by atoms with Crippen LogP contribution in [0.1, 0.15) is 204 Å². The summed E-state index contributed by atoms with van der Waals surface area (Å²) in [5.74, 6) is 4.33. The third kappa shape index (κ3) is 30.5. The van der Waals surface area contributed by atoms with Gasteiger partial charge in [-0.15, -0.1) is 0 Å². The summed E-state index contributed by atoms with van der Waals surface area (Å²) >= 11 is 0. The fourth-order valence-corrected chi connectivity index (χ4v) is 6.93. The van der Waals surface area contributed by atoms with Crippen molar-refractivity contribution in [1.82, 2.24) is 4.90 Å². The maximum absolute atomic E-state index is 12.3. The lowest BCUT2D eigenvalue weighted by atomic mass is 9.89. The fourth-order valence-electron chi connectivity index (χ4n) is 6.93. The molecule has 0 fully saturated rings. The lowest BCUT2D eigenvalue weighted by Gasteiger charge is -2.23. The van der Waals surface area contributed by atoms with Crippen LogP contribution in [0.4, 0.5) is 0 Å². The van der Waals surface area contributed by atoms with Gasteiger partial charge < -0.3 is 14.4 Å². The molecule has 50 heavy (non-hydrogen) atoms. The van der Waals surface area contributed by atoms with Crippen LogP contribution in [0.25, 0.3) is 0 Å². The summed E-state index contributed by atoms with van der Waals surface area (Å²) in [6, 6.07) is 0. The molecule has 0 saturated carbocycles. The van der Waals surface area contributed by atoms with Crippen molar-refractivity contribution >= 4 is 11.9 Å². The van der Waals surface area contributed by atoms with E-state index in [1.807, 2.05) is 0 Å². The Morgan fingerprint density at radius 2 is 0.820 bits per heavy atom. The topological polar surface area (TPSA) is 55.8 Å². The highest BCUT2D eigenvalue weighted by Gasteiger charge is 2.18. The molecule has 0 bridgehead atoms. The predicted octanol–water partition coefficient (Wildman–Crippen LogP) is 13.1. The number of hydrogen-bond acceptors (Lipinski definition) is 5. The van der Waals surface area contributed by atoms with Crippen LogP contribution in [0.2, 0.25) is 0 Å². The van der Waals surface area contributed by atoms with Gasteiger partial charge in [0, 0.05) is 19.4 Å². The molecule has 2 unspecified atom stereocenters. The third-order valence-electron chi connectivity index (χ3n) is 11.1. The minimum atomic E-state index is 0.000194. The molecule has 0 aliphatic rings. The number of ether oxygens (including phenoxy) is 2. The zero-order chi connectivity index (χ0) is 37.6. The molecule has 0 rings (SSSR count). The summed E-state index contributed by atoms with van der Waals surface area (Å²) in [5, 5.41) is 0. The number of unbranched alkanes of at least 4 members (excludes halogenated alkanes) is 12. The molecule has 0 radical (unpaired) electrons. The van der Waals surface area contributed by atoms with Gasteiger partial charge >= 0.3 is 11.9 Å². The Labute approximate surface area is 313 Å². The summed E-state index contributed by atoms with van der Waals surface area (Å²) < 4.78 is 11.3. The van der Waals surface area contributed by atoms with Crippen LogP contribution in [0.5, 0.6) is 0 Å². The van der Waals surface area contributed by atoms with E-state index in [2.05, 4.69) is 74.3 Å². The molecule has 0 aromatic rings. The number of carbonyl (C=O) groups is 2. The van der Waals surface area contributed by atoms with Crippen molar-refractivity contribution in [3.05, 3.63) is 0 Å². The van der Waals surface area contributed by atoms with E-state index >= 15 is 0 Å². The standard InChI is InChI=1S/C45H89NO4/c1-11-46(10)34-41(26-22-18-14-12-16-20-24-28-44(47)49-35-42(39(6)7)32-30-37(2)3)27-23-19-15-13-17-21-25-29-45(48)50-36-43(40(8)9)33-31-38(4)5/h37-43H,11-36H2,1-10H3. The van der Waals surface area contributed by atoms with E-state index < -0.39 is 0 Å². The van der Waals surface area contributed by atoms with Crippen molar-refractivity contribution < 1.29 is 19.1 Å². The molecule has 0 aliphatic carbocycles. The Balaban J connectivity index is 3.96. The van der Waals surface area contributed by atoms with Crippen LogP contribution in [0, 0.1) is 41.4 Å². The summed E-state index contributed by atoms with van der Waals surface area (Å²) in [7, 11) is 2.27. The second-order valence-corrected chi connectivity index (χ2v) is 17.6. The Morgan fingerprint density at radius 3 is 1.14 bits per heavy atom. The summed E-state index contributed by atoms with van der Waals surface area (Å²) in [5.41, 5.74) is 0. The van der Waals surface area contributed by atoms with Crippen LogP contribution >= 0.6 is 0 Å². The van der Waals surface area contributed by atoms with Gasteiger partial charge in [-0.3, -0.25) is 9.59 Å². The molecule has 5 nitrogen and oxygen atoms in total. The molecule has 0 saturated heterocycles. The van der Waals surface area contributed by atoms with E-state index in [-0.39, 0.29) is 11.9 Å². The number of esters is 2. The first kappa shape index (κ1) is 48.9. The van der Waals surface area contributed by atoms with Gasteiger partial charge in [0.15, 0.2) is 0 Å². The second kappa shape index (κ2) is 32.5. The Bertz CT molecular complexity index is 721. The van der Waals surface area contributed by atoms with Crippen LogP contribution in [-0.2, 0) is 19.1 Å². The molecular weight excluding hydrogens is 618 g/mol. The van der Waals surface area contributed by atoms with Crippen molar-refractivity contribution in [2.45, 2.75) is 204 Å². The van der Waals surface area contributed by atoms with Crippen molar-refractivity contribution in [3.8, 4) is 0 Å². The van der Waals surface area contributed by atoms with Crippen LogP contribution in [0.15, 0.2) is 0 Å². The van der Waals surface area contributed by atoms with Crippen molar-refractivity contribution in [1.29, 1.82) is 0 Å². The average Bonchev–Trinajstić information content (AvgIpc) is 3.05. The fraction of sp³-hybridized carbons (Fsp3) is 0.956. The van der Waals surface area contributed by atoms with Gasteiger partial charge in [-0.2, -0.15) is 0 Å². The molecule has 5 heteroatoms. The Kier molecular flexibility index (Phi) is 31.8. The maximum atomic E-state index is 12.3. The summed E-state index contributed by atoms with van der Waals surface area (Å²) in [6.07, 6.45) is 25.9. The van der Waals surface area contributed by atoms with Crippen LogP contribution in [-0.4, -0.2) is 50.2 Å². The first-order valence-corrected chi connectivity index (χ1v) is 21.8. The maximum Gasteiger partial charge on any atom is 0.305 e. The molecule has 0 aliphatic heterocycles. The van der Waals surface area contributed by atoms with Crippen LogP contribution in [0.3, 0.4) is 0 Å². The average molecular weight is 708 g/mol. The SMILES string of the molecule is CCN(C)CC(CCCCCCCCCC(=O)OCC(CCC(C)C)C(C)C)CCCCCCCCCC(=O)OCC(CCC(C)C)C(C)C. The van der Waals surface area contributed by atoms with Gasteiger partial charge in [0.2, 0.25) is 0 Å². The number of hydrogen-bond donors (Lipinski definition) is 0. The summed E-state index contributed by atoms with van der Waals surface area (Å²) in [4.78, 5) is 27.0. The minimum Gasteiger partial charge on any atom is -0.465 e. The van der Waals surface area contributed by atoms with E-state index in [1.165, 1.54) is 96.4 Å². The smallest absolute Gasteiger partial charge is 0.305 e. The molecule has 0 aromatic carbocycles. The molecule has 298 valence electrons.